The summed E-state index contributed by atoms with van der Waals surface area (Å²) in [7, 11) is 2.24. The molecule has 5 nitrogen and oxygen atoms in total. The van der Waals surface area contributed by atoms with Gasteiger partial charge in [-0.25, -0.2) is 9.97 Å². The van der Waals surface area contributed by atoms with Gasteiger partial charge in [0, 0.05) is 25.2 Å². The van der Waals surface area contributed by atoms with E-state index in [9.17, 15) is 0 Å². The standard InChI is InChI=1S/C18H27N5/c1-22-11-3-4-14(12-22)13-23-17(15-6-9-19-10-7-15)21-16-5-2-8-20-18(16)23/h2,5,8,14-15,19H,3-4,6-7,9-13H2,1H3. The molecule has 2 saturated heterocycles. The molecule has 1 N–H and O–H groups in total. The van der Waals surface area contributed by atoms with Crippen LogP contribution in [-0.4, -0.2) is 52.7 Å². The average molecular weight is 313 g/mol. The van der Waals surface area contributed by atoms with E-state index in [1.807, 2.05) is 12.3 Å². The molecule has 0 bridgehead atoms. The second-order valence-corrected chi connectivity index (χ2v) is 7.22. The van der Waals surface area contributed by atoms with E-state index in [0.29, 0.717) is 11.8 Å². The fourth-order valence-electron chi connectivity index (χ4n) is 4.23. The zero-order valence-electron chi connectivity index (χ0n) is 14.0. The summed E-state index contributed by atoms with van der Waals surface area (Å²) in [4.78, 5) is 12.1. The van der Waals surface area contributed by atoms with Crippen LogP contribution in [0.3, 0.4) is 0 Å². The normalized spacial score (nSPS) is 24.3. The Morgan fingerprint density at radius 2 is 2.13 bits per heavy atom. The molecule has 124 valence electrons. The fraction of sp³-hybridized carbons (Fsp3) is 0.667. The lowest BCUT2D eigenvalue weighted by atomic mass is 9.95. The molecule has 0 saturated carbocycles. The van der Waals surface area contributed by atoms with Gasteiger partial charge in [-0.05, 0) is 70.4 Å². The second-order valence-electron chi connectivity index (χ2n) is 7.22. The third-order valence-electron chi connectivity index (χ3n) is 5.40. The number of nitrogens with zero attached hydrogens (tertiary/aromatic N) is 4. The van der Waals surface area contributed by atoms with Crippen LogP contribution in [0.1, 0.15) is 37.4 Å². The first-order valence-corrected chi connectivity index (χ1v) is 9.01. The van der Waals surface area contributed by atoms with Crippen molar-refractivity contribution in [3.8, 4) is 0 Å². The van der Waals surface area contributed by atoms with E-state index in [4.69, 9.17) is 4.98 Å². The Bertz CT molecular complexity index is 658. The number of piperidine rings is 2. The van der Waals surface area contributed by atoms with Gasteiger partial charge in [0.15, 0.2) is 5.65 Å². The maximum Gasteiger partial charge on any atom is 0.160 e. The Balaban J connectivity index is 1.67. The number of nitrogens with one attached hydrogen (secondary N) is 1. The molecule has 4 rings (SSSR count). The Labute approximate surface area is 138 Å². The smallest absolute Gasteiger partial charge is 0.160 e. The van der Waals surface area contributed by atoms with Gasteiger partial charge in [0.05, 0.1) is 0 Å². The summed E-state index contributed by atoms with van der Waals surface area (Å²) in [5.74, 6) is 2.56. The predicted molar refractivity (Wildman–Crippen MR) is 92.6 cm³/mol. The van der Waals surface area contributed by atoms with Gasteiger partial charge in [0.25, 0.3) is 0 Å². The number of imidazole rings is 1. The zero-order chi connectivity index (χ0) is 15.6. The number of rotatable bonds is 3. The van der Waals surface area contributed by atoms with Gasteiger partial charge in [0.2, 0.25) is 0 Å². The van der Waals surface area contributed by atoms with Crippen LogP contribution in [0, 0.1) is 5.92 Å². The summed E-state index contributed by atoms with van der Waals surface area (Å²) in [5.41, 5.74) is 2.14. The van der Waals surface area contributed by atoms with Crippen molar-refractivity contribution in [1.29, 1.82) is 0 Å². The number of fused-ring (bicyclic) bond motifs is 1. The summed E-state index contributed by atoms with van der Waals surface area (Å²) >= 11 is 0. The highest BCUT2D eigenvalue weighted by Crippen LogP contribution is 2.29. The summed E-state index contributed by atoms with van der Waals surface area (Å²) in [6.07, 6.45) is 6.91. The van der Waals surface area contributed by atoms with Crippen molar-refractivity contribution in [3.63, 3.8) is 0 Å². The summed E-state index contributed by atoms with van der Waals surface area (Å²) in [6, 6.07) is 4.11. The van der Waals surface area contributed by atoms with E-state index < -0.39 is 0 Å². The topological polar surface area (TPSA) is 46.0 Å². The highest BCUT2D eigenvalue weighted by atomic mass is 15.2. The fourth-order valence-corrected chi connectivity index (χ4v) is 4.23. The second kappa shape index (κ2) is 6.57. The van der Waals surface area contributed by atoms with E-state index in [2.05, 4.69) is 32.9 Å². The van der Waals surface area contributed by atoms with Crippen molar-refractivity contribution >= 4 is 11.2 Å². The van der Waals surface area contributed by atoms with Crippen LogP contribution in [0.2, 0.25) is 0 Å². The van der Waals surface area contributed by atoms with Crippen molar-refractivity contribution < 1.29 is 0 Å². The molecule has 0 amide bonds. The average Bonchev–Trinajstić information content (AvgIpc) is 2.95. The quantitative estimate of drug-likeness (QED) is 0.944. The van der Waals surface area contributed by atoms with E-state index >= 15 is 0 Å². The maximum absolute atomic E-state index is 4.98. The van der Waals surface area contributed by atoms with Crippen molar-refractivity contribution in [3.05, 3.63) is 24.2 Å². The van der Waals surface area contributed by atoms with Gasteiger partial charge in [-0.15, -0.1) is 0 Å². The summed E-state index contributed by atoms with van der Waals surface area (Å²) in [5, 5.41) is 3.47. The van der Waals surface area contributed by atoms with E-state index in [0.717, 1.165) is 30.8 Å². The Hall–Kier alpha value is -1.46. The first-order valence-electron chi connectivity index (χ1n) is 9.01. The predicted octanol–water partition coefficient (Wildman–Crippen LogP) is 2.24. The molecule has 1 unspecified atom stereocenters. The lowest BCUT2D eigenvalue weighted by Crippen LogP contribution is -2.35. The molecular weight excluding hydrogens is 286 g/mol. The molecule has 4 heterocycles. The highest BCUT2D eigenvalue weighted by Gasteiger charge is 2.25. The van der Waals surface area contributed by atoms with Crippen LogP contribution < -0.4 is 5.32 Å². The van der Waals surface area contributed by atoms with Crippen LogP contribution in [0.4, 0.5) is 0 Å². The van der Waals surface area contributed by atoms with Gasteiger partial charge in [-0.2, -0.15) is 0 Å². The zero-order valence-corrected chi connectivity index (χ0v) is 14.0. The number of hydrogen-bond acceptors (Lipinski definition) is 4. The third kappa shape index (κ3) is 3.12. The first-order chi connectivity index (χ1) is 11.3. The molecule has 0 aromatic carbocycles. The minimum Gasteiger partial charge on any atom is -0.317 e. The molecule has 2 fully saturated rings. The van der Waals surface area contributed by atoms with Crippen molar-refractivity contribution in [2.75, 3.05) is 33.2 Å². The number of pyridine rings is 1. The van der Waals surface area contributed by atoms with Gasteiger partial charge in [-0.3, -0.25) is 0 Å². The lowest BCUT2D eigenvalue weighted by molar-refractivity contribution is 0.193. The van der Waals surface area contributed by atoms with Crippen LogP contribution in [0.15, 0.2) is 18.3 Å². The molecule has 5 heteroatoms. The maximum atomic E-state index is 4.98. The molecule has 0 aliphatic carbocycles. The van der Waals surface area contributed by atoms with Crippen LogP contribution >= 0.6 is 0 Å². The van der Waals surface area contributed by atoms with Crippen LogP contribution in [-0.2, 0) is 6.54 Å². The van der Waals surface area contributed by atoms with Gasteiger partial charge >= 0.3 is 0 Å². The van der Waals surface area contributed by atoms with Crippen molar-refractivity contribution in [2.45, 2.75) is 38.1 Å². The first kappa shape index (κ1) is 15.1. The number of aromatic nitrogens is 3. The van der Waals surface area contributed by atoms with E-state index in [1.54, 1.807) is 0 Å². The Morgan fingerprint density at radius 3 is 2.96 bits per heavy atom. The third-order valence-corrected chi connectivity index (χ3v) is 5.40. The van der Waals surface area contributed by atoms with Gasteiger partial charge in [-0.1, -0.05) is 0 Å². The van der Waals surface area contributed by atoms with Crippen molar-refractivity contribution in [1.82, 2.24) is 24.8 Å². The molecule has 2 aliphatic rings. The van der Waals surface area contributed by atoms with Gasteiger partial charge < -0.3 is 14.8 Å². The summed E-state index contributed by atoms with van der Waals surface area (Å²) in [6.45, 7) is 5.71. The largest absolute Gasteiger partial charge is 0.317 e. The molecular formula is C18H27N5. The molecule has 1 atom stereocenters. The number of hydrogen-bond donors (Lipinski definition) is 1. The van der Waals surface area contributed by atoms with Crippen LogP contribution in [0.25, 0.3) is 11.2 Å². The van der Waals surface area contributed by atoms with E-state index in [-0.39, 0.29) is 0 Å². The highest BCUT2D eigenvalue weighted by molar-refractivity contribution is 5.71. The Kier molecular flexibility index (Phi) is 4.31. The van der Waals surface area contributed by atoms with E-state index in [1.165, 1.54) is 44.6 Å². The minimum atomic E-state index is 0.576. The Morgan fingerprint density at radius 1 is 1.26 bits per heavy atom. The SMILES string of the molecule is CN1CCCC(Cn2c(C3CCNCC3)nc3cccnc32)C1. The lowest BCUT2D eigenvalue weighted by Gasteiger charge is -2.31. The number of likely N-dealkylation sites (tertiary alicyclic amines) is 1. The molecule has 23 heavy (non-hydrogen) atoms. The molecule has 0 spiro atoms. The molecule has 0 radical (unpaired) electrons. The molecule has 2 aromatic rings. The van der Waals surface area contributed by atoms with Crippen LogP contribution in [0.5, 0.6) is 0 Å². The van der Waals surface area contributed by atoms with Gasteiger partial charge in [0.1, 0.15) is 11.3 Å². The minimum absolute atomic E-state index is 0.576. The van der Waals surface area contributed by atoms with Crippen molar-refractivity contribution in [2.24, 2.45) is 5.92 Å². The molecule has 2 aliphatic heterocycles. The monoisotopic (exact) mass is 313 g/mol. The summed E-state index contributed by atoms with van der Waals surface area (Å²) < 4.78 is 2.44. The molecule has 2 aromatic heterocycles.